The summed E-state index contributed by atoms with van der Waals surface area (Å²) in [6, 6.07) is 33.2. The molecule has 3 aromatic carbocycles. The van der Waals surface area contributed by atoms with Crippen LogP contribution in [0.25, 0.3) is 23.4 Å². The highest BCUT2D eigenvalue weighted by Gasteiger charge is 2.41. The van der Waals surface area contributed by atoms with Crippen LogP contribution in [0, 0.1) is 0 Å². The summed E-state index contributed by atoms with van der Waals surface area (Å²) in [5.74, 6) is 0.140. The summed E-state index contributed by atoms with van der Waals surface area (Å²) in [5.41, 5.74) is 17.0. The van der Waals surface area contributed by atoms with Gasteiger partial charge >= 0.3 is 0 Å². The summed E-state index contributed by atoms with van der Waals surface area (Å²) >= 11 is 0. The third-order valence-electron chi connectivity index (χ3n) is 12.7. The van der Waals surface area contributed by atoms with E-state index in [0.717, 1.165) is 54.1 Å². The summed E-state index contributed by atoms with van der Waals surface area (Å²) in [7, 11) is 0. The van der Waals surface area contributed by atoms with Crippen LogP contribution in [-0.4, -0.2) is 34.6 Å². The summed E-state index contributed by atoms with van der Waals surface area (Å²) in [4.78, 5) is 19.3. The average molecular weight is 794 g/mol. The number of nitrogens with one attached hydrogen (secondary N) is 1. The molecule has 0 spiro atoms. The van der Waals surface area contributed by atoms with E-state index in [4.69, 9.17) is 4.98 Å². The standard InChI is InChI=1S/C54H47N7/c1-2-30-55-32-29-39-34-42(35-47(57-39)38-17-15-31-56-36-38)60-49-26-11-7-22-44(49)52-43-21-6-10-25-48(43)59(50-27-12-8-23-45(50)53(52)60)41-20-14-16-37(33-41)54-58-46-24-9-13-28-51(46)61(54)40-18-4-3-5-19-40/h2-6,8-9,11-21,23-24,26-35,38,45,50,54,58H,1,7,10,22,25,36H2/b32-29+,55-30-. The van der Waals surface area contributed by atoms with Gasteiger partial charge in [0, 0.05) is 75.7 Å². The fourth-order valence-corrected chi connectivity index (χ4v) is 10.1. The smallest absolute Gasteiger partial charge is 0.130 e. The normalized spacial score (nSPS) is 22.0. The third kappa shape index (κ3) is 6.48. The number of dihydropyridines is 1. The van der Waals surface area contributed by atoms with Gasteiger partial charge in [-0.15, -0.1) is 0 Å². The molecular weight excluding hydrogens is 747 g/mol. The fraction of sp³-hybridized carbons (Fsp3) is 0.167. The molecule has 5 aromatic rings. The van der Waals surface area contributed by atoms with E-state index in [-0.39, 0.29) is 24.0 Å². The largest absolute Gasteiger partial charge is 0.359 e. The molecule has 298 valence electrons. The molecule has 0 radical (unpaired) electrons. The number of anilines is 4. The van der Waals surface area contributed by atoms with Gasteiger partial charge in [-0.2, -0.15) is 0 Å². The first-order valence-electron chi connectivity index (χ1n) is 21.5. The number of hydrogen-bond donors (Lipinski definition) is 1. The SMILES string of the molecule is C=C/C=N\C=C\c1cc(-n2c3c(c4c2C2C=CC=CC2N(c2cccc(C5Nc6ccccc6N5c5ccccc5)c2)C2=C4C=CCC2)CCC=C3)cc(C2C=CC=NC2)n1. The maximum Gasteiger partial charge on any atom is 0.130 e. The fourth-order valence-electron chi connectivity index (χ4n) is 10.1. The van der Waals surface area contributed by atoms with Gasteiger partial charge in [0.25, 0.3) is 0 Å². The Labute approximate surface area is 357 Å². The van der Waals surface area contributed by atoms with E-state index in [9.17, 15) is 0 Å². The van der Waals surface area contributed by atoms with Crippen molar-refractivity contribution in [1.29, 1.82) is 0 Å². The zero-order chi connectivity index (χ0) is 40.7. The first kappa shape index (κ1) is 36.8. The van der Waals surface area contributed by atoms with Crippen molar-refractivity contribution >= 4 is 52.9 Å². The van der Waals surface area contributed by atoms with Crippen LogP contribution < -0.4 is 15.1 Å². The van der Waals surface area contributed by atoms with Gasteiger partial charge in [-0.1, -0.05) is 104 Å². The molecule has 5 heterocycles. The number of allylic oxidation sites excluding steroid dienone is 9. The number of para-hydroxylation sites is 3. The molecule has 3 aliphatic carbocycles. The number of benzene rings is 3. The Bertz CT molecular complexity index is 2820. The number of hydrogen-bond acceptors (Lipinski definition) is 6. The molecule has 0 bridgehead atoms. The van der Waals surface area contributed by atoms with Gasteiger partial charge in [0.15, 0.2) is 0 Å². The van der Waals surface area contributed by atoms with Crippen molar-refractivity contribution in [1.82, 2.24) is 9.55 Å². The van der Waals surface area contributed by atoms with E-state index in [1.54, 1.807) is 18.5 Å². The van der Waals surface area contributed by atoms with Crippen molar-refractivity contribution in [2.24, 2.45) is 9.98 Å². The van der Waals surface area contributed by atoms with Gasteiger partial charge in [-0.25, -0.2) is 0 Å². The quantitative estimate of drug-likeness (QED) is 0.159. The molecule has 1 N–H and O–H groups in total. The van der Waals surface area contributed by atoms with E-state index in [0.29, 0.717) is 6.54 Å². The lowest BCUT2D eigenvalue weighted by Crippen LogP contribution is -2.38. The number of pyridine rings is 1. The third-order valence-corrected chi connectivity index (χ3v) is 12.7. The monoisotopic (exact) mass is 793 g/mol. The second-order valence-corrected chi connectivity index (χ2v) is 16.3. The molecule has 2 aromatic heterocycles. The second-order valence-electron chi connectivity index (χ2n) is 16.3. The van der Waals surface area contributed by atoms with E-state index < -0.39 is 0 Å². The first-order chi connectivity index (χ1) is 30.2. The van der Waals surface area contributed by atoms with Crippen LogP contribution in [0.5, 0.6) is 0 Å². The lowest BCUT2D eigenvalue weighted by Gasteiger charge is -2.39. The Hall–Kier alpha value is -7.25. The molecule has 3 aliphatic heterocycles. The Kier molecular flexibility index (Phi) is 9.49. The number of aromatic nitrogens is 2. The number of nitrogens with zero attached hydrogens (tertiary/aromatic N) is 6. The van der Waals surface area contributed by atoms with Crippen LogP contribution in [0.15, 0.2) is 180 Å². The van der Waals surface area contributed by atoms with Gasteiger partial charge in [-0.3, -0.25) is 15.0 Å². The van der Waals surface area contributed by atoms with Crippen molar-refractivity contribution in [2.45, 2.75) is 49.7 Å². The van der Waals surface area contributed by atoms with Gasteiger partial charge in [0.1, 0.15) is 6.17 Å². The molecule has 0 fully saturated rings. The van der Waals surface area contributed by atoms with Crippen molar-refractivity contribution in [3.8, 4) is 5.69 Å². The molecule has 0 amide bonds. The highest BCUT2D eigenvalue weighted by Crippen LogP contribution is 2.51. The minimum Gasteiger partial charge on any atom is -0.359 e. The van der Waals surface area contributed by atoms with E-state index in [1.165, 1.54) is 50.7 Å². The predicted molar refractivity (Wildman–Crippen MR) is 254 cm³/mol. The van der Waals surface area contributed by atoms with Gasteiger partial charge in [0.05, 0.1) is 35.3 Å². The summed E-state index contributed by atoms with van der Waals surface area (Å²) in [6.07, 6.45) is 36.1. The number of rotatable bonds is 8. The van der Waals surface area contributed by atoms with Gasteiger partial charge < -0.3 is 19.7 Å². The van der Waals surface area contributed by atoms with Crippen molar-refractivity contribution in [3.63, 3.8) is 0 Å². The molecular formula is C54H47N7. The molecule has 7 heteroatoms. The summed E-state index contributed by atoms with van der Waals surface area (Å²) < 4.78 is 2.57. The molecule has 4 atom stereocenters. The molecule has 7 nitrogen and oxygen atoms in total. The van der Waals surface area contributed by atoms with Crippen LogP contribution in [0.3, 0.4) is 0 Å². The van der Waals surface area contributed by atoms with Crippen molar-refractivity contribution in [3.05, 3.63) is 210 Å². The van der Waals surface area contributed by atoms with Gasteiger partial charge in [0.2, 0.25) is 0 Å². The first-order valence-corrected chi connectivity index (χ1v) is 21.5. The molecule has 6 aliphatic rings. The van der Waals surface area contributed by atoms with Crippen LogP contribution in [0.2, 0.25) is 0 Å². The Morgan fingerprint density at radius 3 is 2.54 bits per heavy atom. The summed E-state index contributed by atoms with van der Waals surface area (Å²) in [6.45, 7) is 4.46. The summed E-state index contributed by atoms with van der Waals surface area (Å²) in [5, 5.41) is 3.89. The Morgan fingerprint density at radius 1 is 0.787 bits per heavy atom. The highest BCUT2D eigenvalue weighted by molar-refractivity contribution is 5.89. The van der Waals surface area contributed by atoms with Crippen LogP contribution in [0.1, 0.15) is 76.7 Å². The maximum absolute atomic E-state index is 5.18. The molecule has 0 saturated heterocycles. The van der Waals surface area contributed by atoms with Gasteiger partial charge in [-0.05, 0) is 104 Å². The van der Waals surface area contributed by atoms with Crippen molar-refractivity contribution < 1.29 is 0 Å². The Morgan fingerprint density at radius 2 is 1.64 bits per heavy atom. The van der Waals surface area contributed by atoms with Crippen molar-refractivity contribution in [2.75, 3.05) is 21.7 Å². The van der Waals surface area contributed by atoms with Crippen LogP contribution >= 0.6 is 0 Å². The lowest BCUT2D eigenvalue weighted by molar-refractivity contribution is 0.638. The average Bonchev–Trinajstić information content (AvgIpc) is 3.85. The van der Waals surface area contributed by atoms with Crippen LogP contribution in [-0.2, 0) is 6.42 Å². The molecule has 61 heavy (non-hydrogen) atoms. The van der Waals surface area contributed by atoms with Crippen LogP contribution in [0.4, 0.5) is 22.7 Å². The molecule has 0 saturated carbocycles. The molecule has 4 unspecified atom stereocenters. The number of fused-ring (bicyclic) bond motifs is 7. The number of aliphatic imine (C=N–C) groups is 2. The van der Waals surface area contributed by atoms with E-state index in [2.05, 4.69) is 182 Å². The second kappa shape index (κ2) is 15.7. The minimum absolute atomic E-state index is 0.0422. The maximum atomic E-state index is 5.18. The topological polar surface area (TPSA) is 61.1 Å². The Balaban J connectivity index is 1.09. The minimum atomic E-state index is -0.0688. The van der Waals surface area contributed by atoms with E-state index >= 15 is 0 Å². The highest BCUT2D eigenvalue weighted by atomic mass is 15.3. The zero-order valence-electron chi connectivity index (χ0n) is 34.1. The zero-order valence-corrected chi connectivity index (χ0v) is 34.1. The van der Waals surface area contributed by atoms with E-state index in [1.807, 2.05) is 18.4 Å². The predicted octanol–water partition coefficient (Wildman–Crippen LogP) is 12.2. The lowest BCUT2D eigenvalue weighted by atomic mass is 9.86. The molecule has 11 rings (SSSR count).